The van der Waals surface area contributed by atoms with Crippen molar-refractivity contribution in [2.24, 2.45) is 0 Å². The molecule has 45 heavy (non-hydrogen) atoms. The molecule has 0 spiro atoms. The molecule has 236 valence electrons. The van der Waals surface area contributed by atoms with Gasteiger partial charge < -0.3 is 28.4 Å². The Bertz CT molecular complexity index is 1800. The lowest BCUT2D eigenvalue weighted by Gasteiger charge is -2.23. The van der Waals surface area contributed by atoms with Gasteiger partial charge in [0.05, 0.1) is 32.9 Å². The molecule has 1 aliphatic rings. The van der Waals surface area contributed by atoms with Crippen LogP contribution in [0.25, 0.3) is 22.9 Å². The SMILES string of the molecule is COC(=O)c1cn(-c2nc(-n3cc(C(=O)OC)nn3)c3ncn([C@@H]4O[C@H](COC(C)=O)[C@@H](OC(C)=O)[C@H]4OC(C)=O)c3n2)nn1. The minimum absolute atomic E-state index is 0.0125. The summed E-state index contributed by atoms with van der Waals surface area (Å²) in [4.78, 5) is 73.1. The molecule has 0 radical (unpaired) electrons. The highest BCUT2D eigenvalue weighted by molar-refractivity contribution is 5.87. The zero-order chi connectivity index (χ0) is 32.4. The van der Waals surface area contributed by atoms with Crippen molar-refractivity contribution in [1.82, 2.24) is 49.5 Å². The topological polar surface area (TPSA) is 246 Å². The summed E-state index contributed by atoms with van der Waals surface area (Å²) in [6.07, 6.45) is -1.05. The van der Waals surface area contributed by atoms with Crippen LogP contribution in [-0.2, 0) is 42.8 Å². The van der Waals surface area contributed by atoms with Crippen molar-refractivity contribution in [2.45, 2.75) is 45.3 Å². The number of methoxy groups -OCH3 is 2. The first-order chi connectivity index (χ1) is 21.5. The van der Waals surface area contributed by atoms with Gasteiger partial charge in [0.1, 0.15) is 12.7 Å². The number of ether oxygens (including phenoxy) is 6. The fraction of sp³-hybridized carbons (Fsp3) is 0.417. The maximum atomic E-state index is 12.2. The van der Waals surface area contributed by atoms with Crippen molar-refractivity contribution in [1.29, 1.82) is 0 Å². The molecule has 0 aliphatic carbocycles. The molecule has 0 aromatic carbocycles. The number of aromatic nitrogens is 10. The lowest BCUT2D eigenvalue weighted by molar-refractivity contribution is -0.166. The van der Waals surface area contributed by atoms with Gasteiger partial charge in [0.25, 0.3) is 5.95 Å². The van der Waals surface area contributed by atoms with Crippen LogP contribution in [0.2, 0.25) is 0 Å². The Morgan fingerprint density at radius 3 is 2.02 bits per heavy atom. The minimum atomic E-state index is -1.26. The number of carbonyl (C=O) groups is 5. The van der Waals surface area contributed by atoms with Crippen LogP contribution in [0.1, 0.15) is 48.0 Å². The van der Waals surface area contributed by atoms with Crippen molar-refractivity contribution < 1.29 is 52.4 Å². The predicted molar refractivity (Wildman–Crippen MR) is 139 cm³/mol. The number of rotatable bonds is 9. The molecule has 5 heterocycles. The van der Waals surface area contributed by atoms with E-state index in [9.17, 15) is 24.0 Å². The third kappa shape index (κ3) is 6.13. The van der Waals surface area contributed by atoms with Crippen LogP contribution in [0.15, 0.2) is 18.7 Å². The van der Waals surface area contributed by atoms with Crippen LogP contribution in [0.5, 0.6) is 0 Å². The van der Waals surface area contributed by atoms with Gasteiger partial charge in [-0.3, -0.25) is 19.0 Å². The maximum absolute atomic E-state index is 12.2. The first kappa shape index (κ1) is 30.6. The van der Waals surface area contributed by atoms with Gasteiger partial charge in [-0.1, -0.05) is 10.4 Å². The number of hydrogen-bond donors (Lipinski definition) is 0. The second-order valence-corrected chi connectivity index (χ2v) is 9.27. The zero-order valence-electron chi connectivity index (χ0n) is 24.2. The van der Waals surface area contributed by atoms with Gasteiger partial charge in [0, 0.05) is 20.8 Å². The predicted octanol–water partition coefficient (Wildman–Crippen LogP) is -1.12. The summed E-state index contributed by atoms with van der Waals surface area (Å²) < 4.78 is 35.1. The normalized spacial score (nSPS) is 19.2. The van der Waals surface area contributed by atoms with Gasteiger partial charge in [-0.25, -0.2) is 14.6 Å². The molecule has 1 saturated heterocycles. The second-order valence-electron chi connectivity index (χ2n) is 9.27. The van der Waals surface area contributed by atoms with Gasteiger partial charge in [-0.05, 0) is 0 Å². The van der Waals surface area contributed by atoms with Crippen LogP contribution in [-0.4, -0.2) is 118 Å². The van der Waals surface area contributed by atoms with E-state index in [1.807, 2.05) is 0 Å². The quantitative estimate of drug-likeness (QED) is 0.157. The first-order valence-corrected chi connectivity index (χ1v) is 12.9. The lowest BCUT2D eigenvalue weighted by Crippen LogP contribution is -2.40. The molecule has 1 aliphatic heterocycles. The molecule has 4 aromatic rings. The van der Waals surface area contributed by atoms with Crippen molar-refractivity contribution in [3.63, 3.8) is 0 Å². The van der Waals surface area contributed by atoms with Crippen LogP contribution < -0.4 is 0 Å². The molecule has 0 saturated carbocycles. The number of imidazole rings is 1. The standard InChI is InChI=1S/C24H24N10O11/c1-10(35)42-8-15-17(43-11(2)36)18(44-12(3)37)21(45-15)32-9-25-16-19(32)26-24(34-7-14(29-31-34)23(39)41-5)27-20(16)33-6-13(28-30-33)22(38)40-4/h6-7,9,15,17-18,21H,8H2,1-5H3/t15-,17-,18-,21-/m1/s1. The number of esters is 5. The molecule has 5 rings (SSSR count). The van der Waals surface area contributed by atoms with Crippen molar-refractivity contribution in [3.8, 4) is 11.8 Å². The van der Waals surface area contributed by atoms with Gasteiger partial charge in [-0.2, -0.15) is 19.3 Å². The second kappa shape index (κ2) is 12.4. The Balaban J connectivity index is 1.68. The van der Waals surface area contributed by atoms with Crippen LogP contribution in [0, 0.1) is 0 Å². The molecule has 4 aromatic heterocycles. The van der Waals surface area contributed by atoms with Crippen LogP contribution in [0.4, 0.5) is 0 Å². The zero-order valence-corrected chi connectivity index (χ0v) is 24.2. The molecule has 0 amide bonds. The summed E-state index contributed by atoms with van der Waals surface area (Å²) in [6, 6.07) is 0. The van der Waals surface area contributed by atoms with E-state index in [0.717, 1.165) is 23.2 Å². The summed E-state index contributed by atoms with van der Waals surface area (Å²) in [5.41, 5.74) is -0.176. The molecule has 1 fully saturated rings. The van der Waals surface area contributed by atoms with Gasteiger partial charge in [0.2, 0.25) is 0 Å². The van der Waals surface area contributed by atoms with Crippen molar-refractivity contribution in [3.05, 3.63) is 30.1 Å². The van der Waals surface area contributed by atoms with Crippen molar-refractivity contribution >= 4 is 41.0 Å². The summed E-state index contributed by atoms with van der Waals surface area (Å²) >= 11 is 0. The molecule has 4 atom stereocenters. The molecule has 0 bridgehead atoms. The average molecular weight is 629 g/mol. The third-order valence-electron chi connectivity index (χ3n) is 6.20. The largest absolute Gasteiger partial charge is 0.464 e. The minimum Gasteiger partial charge on any atom is -0.464 e. The van der Waals surface area contributed by atoms with E-state index >= 15 is 0 Å². The molecule has 0 unspecified atom stereocenters. The molecular formula is C24H24N10O11. The van der Waals surface area contributed by atoms with E-state index in [4.69, 9.17) is 23.7 Å². The van der Waals surface area contributed by atoms with Crippen molar-refractivity contribution in [2.75, 3.05) is 20.8 Å². The number of fused-ring (bicyclic) bond motifs is 1. The van der Waals surface area contributed by atoms with Gasteiger partial charge in [-0.15, -0.1) is 10.2 Å². The Hall–Kier alpha value is -5.86. The van der Waals surface area contributed by atoms with E-state index in [2.05, 4.69) is 40.3 Å². The van der Waals surface area contributed by atoms with Crippen LogP contribution in [0.3, 0.4) is 0 Å². The molecule has 21 heteroatoms. The highest BCUT2D eigenvalue weighted by atomic mass is 16.7. The van der Waals surface area contributed by atoms with Crippen LogP contribution >= 0.6 is 0 Å². The Morgan fingerprint density at radius 2 is 1.42 bits per heavy atom. The highest BCUT2D eigenvalue weighted by Gasteiger charge is 2.51. The lowest BCUT2D eigenvalue weighted by atomic mass is 10.1. The number of hydrogen-bond acceptors (Lipinski definition) is 18. The molecule has 0 N–H and O–H groups in total. The van der Waals surface area contributed by atoms with E-state index in [-0.39, 0.29) is 40.9 Å². The Kier molecular flexibility index (Phi) is 8.43. The van der Waals surface area contributed by atoms with E-state index in [1.165, 1.54) is 44.4 Å². The fourth-order valence-electron chi connectivity index (χ4n) is 4.38. The molecule has 21 nitrogen and oxygen atoms in total. The summed E-state index contributed by atoms with van der Waals surface area (Å²) in [5.74, 6) is -3.78. The van der Waals surface area contributed by atoms with E-state index in [1.54, 1.807) is 0 Å². The summed E-state index contributed by atoms with van der Waals surface area (Å²) in [6.45, 7) is 3.15. The maximum Gasteiger partial charge on any atom is 0.360 e. The smallest absolute Gasteiger partial charge is 0.360 e. The monoisotopic (exact) mass is 628 g/mol. The average Bonchev–Trinajstić information content (AvgIpc) is 3.81. The molecular weight excluding hydrogens is 604 g/mol. The Morgan fingerprint density at radius 1 is 0.822 bits per heavy atom. The Labute approximate surface area is 251 Å². The number of carbonyl (C=O) groups excluding carboxylic acids is 5. The highest BCUT2D eigenvalue weighted by Crippen LogP contribution is 2.36. The van der Waals surface area contributed by atoms with Gasteiger partial charge >= 0.3 is 29.8 Å². The summed E-state index contributed by atoms with van der Waals surface area (Å²) in [7, 11) is 2.34. The third-order valence-corrected chi connectivity index (χ3v) is 6.20. The first-order valence-electron chi connectivity index (χ1n) is 12.9. The van der Waals surface area contributed by atoms with E-state index in [0.29, 0.717) is 0 Å². The summed E-state index contributed by atoms with van der Waals surface area (Å²) in [5, 5.41) is 15.4. The van der Waals surface area contributed by atoms with Gasteiger partial charge in [0.15, 0.2) is 46.8 Å². The fourth-order valence-corrected chi connectivity index (χ4v) is 4.38. The van der Waals surface area contributed by atoms with E-state index < -0.39 is 54.4 Å². The number of nitrogens with zero attached hydrogens (tertiary/aromatic N) is 10.